The fourth-order valence-electron chi connectivity index (χ4n) is 2.40. The minimum absolute atomic E-state index is 0.707. The smallest absolute Gasteiger partial charge is 0.181 e. The van der Waals surface area contributed by atoms with Gasteiger partial charge in [-0.1, -0.05) is 12.1 Å². The summed E-state index contributed by atoms with van der Waals surface area (Å²) in [6.07, 6.45) is 0.869. The molecule has 112 valence electrons. The Labute approximate surface area is 124 Å². The number of ether oxygens (including phenoxy) is 1. The number of aromatic nitrogens is 3. The highest BCUT2D eigenvalue weighted by Gasteiger charge is 2.12. The van der Waals surface area contributed by atoms with Gasteiger partial charge in [-0.3, -0.25) is 10.00 Å². The van der Waals surface area contributed by atoms with Crippen LogP contribution in [0.25, 0.3) is 11.4 Å². The van der Waals surface area contributed by atoms with Crippen molar-refractivity contribution in [1.82, 2.24) is 20.1 Å². The van der Waals surface area contributed by atoms with E-state index in [0.717, 1.165) is 61.9 Å². The monoisotopic (exact) mass is 287 g/mol. The number of benzene rings is 1. The maximum Gasteiger partial charge on any atom is 0.181 e. The third-order valence-electron chi connectivity index (χ3n) is 3.84. The number of hydrogen-bond donors (Lipinski definition) is 2. The van der Waals surface area contributed by atoms with Crippen molar-refractivity contribution in [3.8, 4) is 11.4 Å². The SMILES string of the molecule is Cc1ccc(-c2n[nH]c(CCN3CCOCC3)n2)cc1N. The quantitative estimate of drug-likeness (QED) is 0.827. The number of aryl methyl sites for hydroxylation is 1. The summed E-state index contributed by atoms with van der Waals surface area (Å²) >= 11 is 0. The van der Waals surface area contributed by atoms with E-state index in [-0.39, 0.29) is 0 Å². The summed E-state index contributed by atoms with van der Waals surface area (Å²) in [5, 5.41) is 7.30. The van der Waals surface area contributed by atoms with Crippen molar-refractivity contribution in [2.45, 2.75) is 13.3 Å². The summed E-state index contributed by atoms with van der Waals surface area (Å²) in [6, 6.07) is 5.92. The zero-order valence-corrected chi connectivity index (χ0v) is 12.3. The van der Waals surface area contributed by atoms with Crippen LogP contribution >= 0.6 is 0 Å². The molecule has 6 nitrogen and oxygen atoms in total. The molecule has 3 rings (SSSR count). The third kappa shape index (κ3) is 3.40. The first-order chi connectivity index (χ1) is 10.2. The summed E-state index contributed by atoms with van der Waals surface area (Å²) in [5.41, 5.74) is 8.73. The van der Waals surface area contributed by atoms with Gasteiger partial charge in [0.15, 0.2) is 5.82 Å². The molecule has 0 radical (unpaired) electrons. The highest BCUT2D eigenvalue weighted by atomic mass is 16.5. The Hall–Kier alpha value is -1.92. The minimum atomic E-state index is 0.707. The maximum absolute atomic E-state index is 5.94. The molecule has 0 bridgehead atoms. The third-order valence-corrected chi connectivity index (χ3v) is 3.84. The number of hydrogen-bond acceptors (Lipinski definition) is 5. The maximum atomic E-state index is 5.94. The minimum Gasteiger partial charge on any atom is -0.398 e. The molecule has 0 spiro atoms. The number of morpholine rings is 1. The highest BCUT2D eigenvalue weighted by Crippen LogP contribution is 2.20. The molecule has 0 aliphatic carbocycles. The molecule has 1 aromatic carbocycles. The molecule has 1 saturated heterocycles. The first kappa shape index (κ1) is 14.0. The van der Waals surface area contributed by atoms with Gasteiger partial charge in [-0.15, -0.1) is 0 Å². The van der Waals surface area contributed by atoms with Gasteiger partial charge in [0.05, 0.1) is 13.2 Å². The van der Waals surface area contributed by atoms with E-state index in [1.165, 1.54) is 0 Å². The predicted molar refractivity (Wildman–Crippen MR) is 81.9 cm³/mol. The van der Waals surface area contributed by atoms with Gasteiger partial charge in [0.25, 0.3) is 0 Å². The molecular weight excluding hydrogens is 266 g/mol. The zero-order chi connectivity index (χ0) is 14.7. The van der Waals surface area contributed by atoms with Crippen LogP contribution < -0.4 is 5.73 Å². The van der Waals surface area contributed by atoms with Crippen LogP contribution in [0.4, 0.5) is 5.69 Å². The summed E-state index contributed by atoms with van der Waals surface area (Å²) in [5.74, 6) is 1.62. The van der Waals surface area contributed by atoms with Crippen LogP contribution in [0.5, 0.6) is 0 Å². The van der Waals surface area contributed by atoms with E-state index in [4.69, 9.17) is 10.5 Å². The Kier molecular flexibility index (Phi) is 4.17. The Balaban J connectivity index is 1.63. The van der Waals surface area contributed by atoms with E-state index in [1.54, 1.807) is 0 Å². The Morgan fingerprint density at radius 2 is 2.14 bits per heavy atom. The van der Waals surface area contributed by atoms with Gasteiger partial charge in [0.1, 0.15) is 5.82 Å². The molecular formula is C15H21N5O. The van der Waals surface area contributed by atoms with Crippen LogP contribution in [0.3, 0.4) is 0 Å². The molecule has 21 heavy (non-hydrogen) atoms. The molecule has 2 aromatic rings. The van der Waals surface area contributed by atoms with Crippen molar-refractivity contribution in [3.05, 3.63) is 29.6 Å². The molecule has 0 amide bonds. The largest absolute Gasteiger partial charge is 0.398 e. The normalized spacial score (nSPS) is 16.2. The lowest BCUT2D eigenvalue weighted by molar-refractivity contribution is 0.0382. The van der Waals surface area contributed by atoms with Crippen molar-refractivity contribution in [2.75, 3.05) is 38.6 Å². The van der Waals surface area contributed by atoms with Crippen molar-refractivity contribution in [2.24, 2.45) is 0 Å². The Morgan fingerprint density at radius 3 is 2.90 bits per heavy atom. The molecule has 6 heteroatoms. The lowest BCUT2D eigenvalue weighted by atomic mass is 10.1. The number of nitrogens with zero attached hydrogens (tertiary/aromatic N) is 3. The summed E-state index contributed by atoms with van der Waals surface area (Å²) < 4.78 is 5.35. The second-order valence-corrected chi connectivity index (χ2v) is 5.38. The number of aromatic amines is 1. The van der Waals surface area contributed by atoms with Crippen molar-refractivity contribution in [1.29, 1.82) is 0 Å². The Bertz CT molecular complexity index is 604. The van der Waals surface area contributed by atoms with E-state index in [1.807, 2.05) is 25.1 Å². The lowest BCUT2D eigenvalue weighted by Gasteiger charge is -2.25. The molecule has 3 N–H and O–H groups in total. The standard InChI is InChI=1S/C15H21N5O/c1-11-2-3-12(10-13(11)16)15-17-14(18-19-15)4-5-20-6-8-21-9-7-20/h2-3,10H,4-9,16H2,1H3,(H,17,18,19). The van der Waals surface area contributed by atoms with Crippen LogP contribution in [0, 0.1) is 6.92 Å². The number of nitrogen functional groups attached to an aromatic ring is 1. The fourth-order valence-corrected chi connectivity index (χ4v) is 2.40. The average Bonchev–Trinajstić information content (AvgIpc) is 2.98. The van der Waals surface area contributed by atoms with Crippen molar-refractivity contribution >= 4 is 5.69 Å². The molecule has 2 heterocycles. The second-order valence-electron chi connectivity index (χ2n) is 5.38. The number of nitrogens with two attached hydrogens (primary N) is 1. The van der Waals surface area contributed by atoms with E-state index in [9.17, 15) is 0 Å². The van der Waals surface area contributed by atoms with E-state index in [0.29, 0.717) is 5.82 Å². The number of nitrogens with one attached hydrogen (secondary N) is 1. The first-order valence-electron chi connectivity index (χ1n) is 7.30. The average molecular weight is 287 g/mol. The van der Waals surface area contributed by atoms with Gasteiger partial charge in [0, 0.05) is 37.3 Å². The van der Waals surface area contributed by atoms with Crippen molar-refractivity contribution in [3.63, 3.8) is 0 Å². The first-order valence-corrected chi connectivity index (χ1v) is 7.30. The van der Waals surface area contributed by atoms with Crippen LogP contribution in [0.1, 0.15) is 11.4 Å². The highest BCUT2D eigenvalue weighted by molar-refractivity contribution is 5.63. The van der Waals surface area contributed by atoms with Gasteiger partial charge in [0.2, 0.25) is 0 Å². The molecule has 0 saturated carbocycles. The Morgan fingerprint density at radius 1 is 1.33 bits per heavy atom. The fraction of sp³-hybridized carbons (Fsp3) is 0.467. The van der Waals surface area contributed by atoms with Gasteiger partial charge in [-0.05, 0) is 18.6 Å². The summed E-state index contributed by atoms with van der Waals surface area (Å²) in [4.78, 5) is 6.94. The lowest BCUT2D eigenvalue weighted by Crippen LogP contribution is -2.37. The van der Waals surface area contributed by atoms with Gasteiger partial charge in [-0.2, -0.15) is 5.10 Å². The number of anilines is 1. The summed E-state index contributed by atoms with van der Waals surface area (Å²) in [7, 11) is 0. The molecule has 1 fully saturated rings. The topological polar surface area (TPSA) is 80.1 Å². The molecule has 0 atom stereocenters. The van der Waals surface area contributed by atoms with Crippen molar-refractivity contribution < 1.29 is 4.74 Å². The molecule has 1 aromatic heterocycles. The van der Waals surface area contributed by atoms with E-state index < -0.39 is 0 Å². The number of rotatable bonds is 4. The van der Waals surface area contributed by atoms with Crippen LogP contribution in [0.15, 0.2) is 18.2 Å². The van der Waals surface area contributed by atoms with Crippen LogP contribution in [-0.4, -0.2) is 52.9 Å². The van der Waals surface area contributed by atoms with Crippen LogP contribution in [0.2, 0.25) is 0 Å². The molecule has 1 aliphatic rings. The number of H-pyrrole nitrogens is 1. The van der Waals surface area contributed by atoms with E-state index in [2.05, 4.69) is 20.1 Å². The van der Waals surface area contributed by atoms with Crippen LogP contribution in [-0.2, 0) is 11.2 Å². The van der Waals surface area contributed by atoms with Gasteiger partial charge < -0.3 is 10.5 Å². The summed E-state index contributed by atoms with van der Waals surface area (Å²) in [6.45, 7) is 6.61. The predicted octanol–water partition coefficient (Wildman–Crippen LogP) is 1.24. The van der Waals surface area contributed by atoms with E-state index >= 15 is 0 Å². The second kappa shape index (κ2) is 6.24. The molecule has 0 unspecified atom stereocenters. The van der Waals surface area contributed by atoms with Gasteiger partial charge >= 0.3 is 0 Å². The molecule has 1 aliphatic heterocycles. The van der Waals surface area contributed by atoms with Gasteiger partial charge in [-0.25, -0.2) is 4.98 Å². The zero-order valence-electron chi connectivity index (χ0n) is 12.3.